The number of aryl methyl sites for hydroxylation is 2. The highest BCUT2D eigenvalue weighted by molar-refractivity contribution is 5.68. The molecule has 4 aromatic rings. The van der Waals surface area contributed by atoms with Gasteiger partial charge >= 0.3 is 0 Å². The van der Waals surface area contributed by atoms with Crippen molar-refractivity contribution in [3.8, 4) is 22.5 Å². The highest BCUT2D eigenvalue weighted by atomic mass is 15.2. The van der Waals surface area contributed by atoms with Gasteiger partial charge in [-0.05, 0) is 11.1 Å². The van der Waals surface area contributed by atoms with Crippen molar-refractivity contribution in [1.29, 1.82) is 0 Å². The van der Waals surface area contributed by atoms with E-state index >= 15 is 0 Å². The Hall–Kier alpha value is -2.88. The number of hydrogen-bond donors (Lipinski definition) is 0. The Kier molecular flexibility index (Phi) is 2.82. The third kappa shape index (κ3) is 1.92. The monoisotopic (exact) mass is 289 g/mol. The second-order valence-electron chi connectivity index (χ2n) is 5.49. The minimum Gasteiger partial charge on any atom is -0.308 e. The summed E-state index contributed by atoms with van der Waals surface area (Å²) in [5.74, 6) is 0.945. The van der Waals surface area contributed by atoms with Gasteiger partial charge in [-0.2, -0.15) is 4.57 Å². The maximum absolute atomic E-state index is 4.39. The van der Waals surface area contributed by atoms with Gasteiger partial charge in [0.05, 0.1) is 0 Å². The highest BCUT2D eigenvalue weighted by Gasteiger charge is 2.17. The summed E-state index contributed by atoms with van der Waals surface area (Å²) in [6.45, 7) is 0. The lowest BCUT2D eigenvalue weighted by Crippen LogP contribution is -2.30. The fourth-order valence-electron chi connectivity index (χ4n) is 2.86. The van der Waals surface area contributed by atoms with E-state index in [1.807, 2.05) is 29.9 Å². The molecule has 0 spiro atoms. The Morgan fingerprint density at radius 2 is 1.86 bits per heavy atom. The van der Waals surface area contributed by atoms with Crippen molar-refractivity contribution in [2.75, 3.05) is 0 Å². The zero-order valence-electron chi connectivity index (χ0n) is 12.6. The van der Waals surface area contributed by atoms with Crippen LogP contribution in [0.15, 0.2) is 67.3 Å². The van der Waals surface area contributed by atoms with E-state index in [9.17, 15) is 0 Å². The van der Waals surface area contributed by atoms with Crippen LogP contribution < -0.4 is 4.57 Å². The van der Waals surface area contributed by atoms with Gasteiger partial charge < -0.3 is 4.57 Å². The quantitative estimate of drug-likeness (QED) is 0.521. The Morgan fingerprint density at radius 3 is 2.64 bits per heavy atom. The average Bonchev–Trinajstić information content (AvgIpc) is 3.12. The summed E-state index contributed by atoms with van der Waals surface area (Å²) in [5.41, 5.74) is 4.74. The van der Waals surface area contributed by atoms with Gasteiger partial charge in [-0.1, -0.05) is 30.3 Å². The summed E-state index contributed by atoms with van der Waals surface area (Å²) < 4.78 is 6.30. The average molecular weight is 289 g/mol. The number of imidazole rings is 2. The van der Waals surface area contributed by atoms with Crippen LogP contribution in [0.2, 0.25) is 0 Å². The Bertz CT molecular complexity index is 948. The number of pyridine rings is 1. The number of aromatic nitrogens is 4. The number of benzene rings is 1. The van der Waals surface area contributed by atoms with Crippen molar-refractivity contribution < 1.29 is 4.57 Å². The Morgan fingerprint density at radius 1 is 1.05 bits per heavy atom. The molecule has 0 aliphatic rings. The molecule has 0 unspecified atom stereocenters. The van der Waals surface area contributed by atoms with Crippen molar-refractivity contribution >= 4 is 5.78 Å². The largest absolute Gasteiger partial charge is 0.308 e. The molecule has 4 rings (SSSR count). The van der Waals surface area contributed by atoms with Crippen LogP contribution in [0.1, 0.15) is 0 Å². The van der Waals surface area contributed by atoms with Gasteiger partial charge in [0.1, 0.15) is 12.7 Å². The minimum absolute atomic E-state index is 0.945. The maximum Gasteiger partial charge on any atom is 0.231 e. The summed E-state index contributed by atoms with van der Waals surface area (Å²) in [6, 6.07) is 14.8. The Labute approximate surface area is 128 Å². The zero-order chi connectivity index (χ0) is 15.1. The SMILES string of the molecule is Cn1c(-c2cc(-c3ccccc3)cc[n+]2C)cn2ccnc12. The van der Waals surface area contributed by atoms with E-state index in [4.69, 9.17) is 0 Å². The van der Waals surface area contributed by atoms with Gasteiger partial charge in [0, 0.05) is 37.8 Å². The van der Waals surface area contributed by atoms with E-state index in [0.717, 1.165) is 17.2 Å². The fraction of sp³-hybridized carbons (Fsp3) is 0.111. The van der Waals surface area contributed by atoms with E-state index in [1.54, 1.807) is 0 Å². The molecule has 0 bridgehead atoms. The van der Waals surface area contributed by atoms with Crippen LogP contribution in [-0.4, -0.2) is 14.0 Å². The predicted molar refractivity (Wildman–Crippen MR) is 86.2 cm³/mol. The summed E-state index contributed by atoms with van der Waals surface area (Å²) in [5, 5.41) is 0. The van der Waals surface area contributed by atoms with Crippen LogP contribution in [0.25, 0.3) is 28.3 Å². The van der Waals surface area contributed by atoms with Crippen LogP contribution in [-0.2, 0) is 14.1 Å². The van der Waals surface area contributed by atoms with E-state index in [2.05, 4.69) is 70.0 Å². The zero-order valence-corrected chi connectivity index (χ0v) is 12.6. The number of nitrogens with zero attached hydrogens (tertiary/aromatic N) is 4. The molecular formula is C18H17N4+. The molecule has 0 saturated heterocycles. The van der Waals surface area contributed by atoms with Gasteiger partial charge in [-0.15, -0.1) is 0 Å². The van der Waals surface area contributed by atoms with Crippen LogP contribution in [0.3, 0.4) is 0 Å². The van der Waals surface area contributed by atoms with Crippen molar-refractivity contribution in [3.63, 3.8) is 0 Å². The summed E-state index contributed by atoms with van der Waals surface area (Å²) in [7, 11) is 4.12. The topological polar surface area (TPSA) is 26.1 Å². The van der Waals surface area contributed by atoms with Gasteiger partial charge in [0.25, 0.3) is 0 Å². The van der Waals surface area contributed by atoms with Gasteiger partial charge in [-0.25, -0.2) is 4.98 Å². The first-order chi connectivity index (χ1) is 10.7. The molecule has 0 N–H and O–H groups in total. The van der Waals surface area contributed by atoms with Crippen molar-refractivity contribution in [3.05, 3.63) is 67.3 Å². The molecule has 3 aromatic heterocycles. The van der Waals surface area contributed by atoms with E-state index < -0.39 is 0 Å². The first-order valence-electron chi connectivity index (χ1n) is 7.28. The fourth-order valence-corrected chi connectivity index (χ4v) is 2.86. The standard InChI is InChI=1S/C18H17N4/c1-20-10-8-15(14-6-4-3-5-7-14)12-16(20)17-13-22-11-9-19-18(22)21(17)2/h3-13H,1-2H3/q+1. The van der Waals surface area contributed by atoms with Crippen LogP contribution in [0.4, 0.5) is 0 Å². The van der Waals surface area contributed by atoms with Crippen LogP contribution >= 0.6 is 0 Å². The number of hydrogen-bond acceptors (Lipinski definition) is 1. The van der Waals surface area contributed by atoms with Crippen molar-refractivity contribution in [2.24, 2.45) is 14.1 Å². The molecule has 4 nitrogen and oxygen atoms in total. The smallest absolute Gasteiger partial charge is 0.231 e. The molecule has 1 aromatic carbocycles. The van der Waals surface area contributed by atoms with Gasteiger partial charge in [0.15, 0.2) is 6.20 Å². The van der Waals surface area contributed by atoms with E-state index in [-0.39, 0.29) is 0 Å². The third-order valence-electron chi connectivity index (χ3n) is 4.09. The molecule has 108 valence electrons. The minimum atomic E-state index is 0.945. The van der Waals surface area contributed by atoms with Crippen LogP contribution in [0.5, 0.6) is 0 Å². The van der Waals surface area contributed by atoms with Gasteiger partial charge in [-0.3, -0.25) is 4.40 Å². The molecule has 4 heteroatoms. The summed E-state index contributed by atoms with van der Waals surface area (Å²) in [4.78, 5) is 4.39. The molecule has 0 fully saturated rings. The van der Waals surface area contributed by atoms with E-state index in [0.29, 0.717) is 0 Å². The normalized spacial score (nSPS) is 11.2. The maximum atomic E-state index is 4.39. The number of rotatable bonds is 2. The van der Waals surface area contributed by atoms with Crippen LogP contribution in [0, 0.1) is 0 Å². The number of fused-ring (bicyclic) bond motifs is 1. The van der Waals surface area contributed by atoms with Crippen molar-refractivity contribution in [1.82, 2.24) is 14.0 Å². The Balaban J connectivity index is 1.91. The highest BCUT2D eigenvalue weighted by Crippen LogP contribution is 2.24. The predicted octanol–water partition coefficient (Wildman–Crippen LogP) is 2.83. The first-order valence-corrected chi connectivity index (χ1v) is 7.28. The van der Waals surface area contributed by atoms with Gasteiger partial charge in [0.2, 0.25) is 11.5 Å². The summed E-state index contributed by atoms with van der Waals surface area (Å²) >= 11 is 0. The molecule has 3 heterocycles. The first kappa shape index (κ1) is 12.8. The molecule has 0 aliphatic carbocycles. The lowest BCUT2D eigenvalue weighted by atomic mass is 10.1. The third-order valence-corrected chi connectivity index (χ3v) is 4.09. The molecule has 0 aliphatic heterocycles. The molecule has 0 atom stereocenters. The molecular weight excluding hydrogens is 272 g/mol. The lowest BCUT2D eigenvalue weighted by molar-refractivity contribution is -0.660. The molecule has 0 amide bonds. The van der Waals surface area contributed by atoms with E-state index in [1.165, 1.54) is 11.1 Å². The second kappa shape index (κ2) is 4.84. The lowest BCUT2D eigenvalue weighted by Gasteiger charge is -2.05. The summed E-state index contributed by atoms with van der Waals surface area (Å²) in [6.07, 6.45) is 8.01. The molecule has 0 radical (unpaired) electrons. The molecule has 0 saturated carbocycles. The van der Waals surface area contributed by atoms with Crippen molar-refractivity contribution in [2.45, 2.75) is 0 Å². The molecule has 22 heavy (non-hydrogen) atoms. The second-order valence-corrected chi connectivity index (χ2v) is 5.49.